The molecule has 2 aromatic rings. The van der Waals surface area contributed by atoms with Crippen molar-refractivity contribution < 1.29 is 9.53 Å². The van der Waals surface area contributed by atoms with Gasteiger partial charge in [0, 0.05) is 13.7 Å². The number of ether oxygens (including phenoxy) is 1. The number of rotatable bonds is 2. The average molecular weight is 293 g/mol. The summed E-state index contributed by atoms with van der Waals surface area (Å²) < 4.78 is 5.38. The number of hydrogen-bond donors (Lipinski definition) is 0. The van der Waals surface area contributed by atoms with Crippen LogP contribution in [0.2, 0.25) is 0 Å². The van der Waals surface area contributed by atoms with E-state index in [-0.39, 0.29) is 17.9 Å². The van der Waals surface area contributed by atoms with E-state index in [1.165, 1.54) is 22.3 Å². The zero-order chi connectivity index (χ0) is 15.1. The van der Waals surface area contributed by atoms with Gasteiger partial charge in [-0.15, -0.1) is 0 Å². The molecule has 0 bridgehead atoms. The van der Waals surface area contributed by atoms with Crippen LogP contribution in [-0.2, 0) is 9.53 Å². The van der Waals surface area contributed by atoms with Crippen molar-refractivity contribution in [3.05, 3.63) is 59.7 Å². The fourth-order valence-corrected chi connectivity index (χ4v) is 3.69. The molecule has 1 heterocycles. The zero-order valence-electron chi connectivity index (χ0n) is 12.7. The van der Waals surface area contributed by atoms with Crippen molar-refractivity contribution in [1.82, 2.24) is 4.90 Å². The summed E-state index contributed by atoms with van der Waals surface area (Å²) in [6.45, 7) is 1.25. The molecule has 1 amide bonds. The fourth-order valence-electron chi connectivity index (χ4n) is 3.69. The molecule has 1 atom stereocenters. The lowest BCUT2D eigenvalue weighted by Crippen LogP contribution is -2.36. The molecule has 2 aromatic carbocycles. The van der Waals surface area contributed by atoms with E-state index >= 15 is 0 Å². The van der Waals surface area contributed by atoms with Crippen LogP contribution in [-0.4, -0.2) is 31.1 Å². The lowest BCUT2D eigenvalue weighted by molar-refractivity contribution is -0.135. The van der Waals surface area contributed by atoms with Crippen LogP contribution in [0, 0.1) is 5.92 Å². The topological polar surface area (TPSA) is 29.5 Å². The van der Waals surface area contributed by atoms with Crippen LogP contribution < -0.4 is 0 Å². The minimum Gasteiger partial charge on any atom is -0.381 e. The number of benzene rings is 2. The monoisotopic (exact) mass is 293 g/mol. The Hall–Kier alpha value is -2.13. The molecule has 4 rings (SSSR count). The molecule has 0 spiro atoms. The van der Waals surface area contributed by atoms with Crippen LogP contribution in [0.15, 0.2) is 48.5 Å². The van der Waals surface area contributed by atoms with Crippen molar-refractivity contribution in [2.45, 2.75) is 12.5 Å². The maximum Gasteiger partial charge on any atom is 0.228 e. The Bertz CT molecular complexity index is 673. The van der Waals surface area contributed by atoms with Gasteiger partial charge in [0.1, 0.15) is 0 Å². The third-order valence-corrected chi connectivity index (χ3v) is 4.81. The van der Waals surface area contributed by atoms with Gasteiger partial charge in [0.15, 0.2) is 0 Å². The van der Waals surface area contributed by atoms with Crippen molar-refractivity contribution in [2.75, 3.05) is 20.3 Å². The Morgan fingerprint density at radius 3 is 2.18 bits per heavy atom. The van der Waals surface area contributed by atoms with Crippen molar-refractivity contribution in [2.24, 2.45) is 5.92 Å². The lowest BCUT2D eigenvalue weighted by atomic mass is 10.0. The Balaban J connectivity index is 1.76. The van der Waals surface area contributed by atoms with Gasteiger partial charge in [0.2, 0.25) is 5.91 Å². The van der Waals surface area contributed by atoms with Crippen LogP contribution in [0.3, 0.4) is 0 Å². The summed E-state index contributed by atoms with van der Waals surface area (Å²) in [6, 6.07) is 16.8. The quantitative estimate of drug-likeness (QED) is 0.850. The highest BCUT2D eigenvalue weighted by Gasteiger charge is 2.36. The highest BCUT2D eigenvalue weighted by molar-refractivity contribution is 5.84. The second-order valence-electron chi connectivity index (χ2n) is 6.09. The van der Waals surface area contributed by atoms with Gasteiger partial charge in [-0.05, 0) is 28.7 Å². The van der Waals surface area contributed by atoms with Crippen molar-refractivity contribution in [3.63, 3.8) is 0 Å². The van der Waals surface area contributed by atoms with Crippen molar-refractivity contribution >= 4 is 5.91 Å². The molecular formula is C19H19NO2. The van der Waals surface area contributed by atoms with E-state index in [2.05, 4.69) is 48.5 Å². The van der Waals surface area contributed by atoms with Gasteiger partial charge >= 0.3 is 0 Å². The summed E-state index contributed by atoms with van der Waals surface area (Å²) in [6.07, 6.45) is 0.833. The molecule has 1 unspecified atom stereocenters. The minimum absolute atomic E-state index is 0.00456. The van der Waals surface area contributed by atoms with E-state index in [4.69, 9.17) is 4.74 Å². The van der Waals surface area contributed by atoms with Crippen molar-refractivity contribution in [1.29, 1.82) is 0 Å². The van der Waals surface area contributed by atoms with E-state index < -0.39 is 0 Å². The van der Waals surface area contributed by atoms with Crippen molar-refractivity contribution in [3.8, 4) is 11.1 Å². The van der Waals surface area contributed by atoms with E-state index in [9.17, 15) is 4.79 Å². The smallest absolute Gasteiger partial charge is 0.228 e. The van der Waals surface area contributed by atoms with E-state index in [0.717, 1.165) is 6.42 Å². The molecule has 3 nitrogen and oxygen atoms in total. The van der Waals surface area contributed by atoms with Gasteiger partial charge < -0.3 is 9.64 Å². The van der Waals surface area contributed by atoms with Gasteiger partial charge in [-0.25, -0.2) is 0 Å². The molecular weight excluding hydrogens is 274 g/mol. The van der Waals surface area contributed by atoms with Crippen LogP contribution in [0.4, 0.5) is 0 Å². The highest BCUT2D eigenvalue weighted by Crippen LogP contribution is 2.46. The predicted octanol–water partition coefficient (Wildman–Crippen LogP) is 3.25. The summed E-state index contributed by atoms with van der Waals surface area (Å²) in [5.41, 5.74) is 4.92. The first-order chi connectivity index (χ1) is 10.8. The summed E-state index contributed by atoms with van der Waals surface area (Å²) in [5, 5.41) is 0. The minimum atomic E-state index is 0.00456. The Morgan fingerprint density at radius 1 is 1.05 bits per heavy atom. The van der Waals surface area contributed by atoms with Crippen LogP contribution in [0.5, 0.6) is 0 Å². The molecule has 0 saturated carbocycles. The number of nitrogens with zero attached hydrogens (tertiary/aromatic N) is 1. The lowest BCUT2D eigenvalue weighted by Gasteiger charge is -2.28. The maximum atomic E-state index is 12.8. The van der Waals surface area contributed by atoms with Gasteiger partial charge in [-0.3, -0.25) is 4.79 Å². The first-order valence-corrected chi connectivity index (χ1v) is 7.80. The predicted molar refractivity (Wildman–Crippen MR) is 85.4 cm³/mol. The largest absolute Gasteiger partial charge is 0.381 e. The molecule has 0 radical (unpaired) electrons. The molecule has 22 heavy (non-hydrogen) atoms. The van der Waals surface area contributed by atoms with Gasteiger partial charge in [-0.1, -0.05) is 48.5 Å². The van der Waals surface area contributed by atoms with Crippen LogP contribution in [0.1, 0.15) is 23.6 Å². The normalized spacial score (nSPS) is 19.8. The van der Waals surface area contributed by atoms with Gasteiger partial charge in [0.25, 0.3) is 0 Å². The molecule has 3 heteroatoms. The first-order valence-electron chi connectivity index (χ1n) is 7.80. The number of hydrogen-bond acceptors (Lipinski definition) is 2. The summed E-state index contributed by atoms with van der Waals surface area (Å²) >= 11 is 0. The summed E-state index contributed by atoms with van der Waals surface area (Å²) in [5.74, 6) is 0.193. The molecule has 112 valence electrons. The van der Waals surface area contributed by atoms with Gasteiger partial charge in [0.05, 0.1) is 18.6 Å². The molecule has 1 saturated heterocycles. The third-order valence-electron chi connectivity index (χ3n) is 4.81. The number of fused-ring (bicyclic) bond motifs is 3. The van der Waals surface area contributed by atoms with Crippen LogP contribution >= 0.6 is 0 Å². The third kappa shape index (κ3) is 1.97. The molecule has 0 aromatic heterocycles. The average Bonchev–Trinajstić information content (AvgIpc) is 3.20. The summed E-state index contributed by atoms with van der Waals surface area (Å²) in [7, 11) is 1.92. The number of carbonyl (C=O) groups is 1. The molecule has 2 aliphatic rings. The molecule has 1 aliphatic heterocycles. The second-order valence-corrected chi connectivity index (χ2v) is 6.09. The number of amides is 1. The molecule has 1 fully saturated rings. The maximum absolute atomic E-state index is 12.8. The Labute approximate surface area is 130 Å². The van der Waals surface area contributed by atoms with E-state index in [0.29, 0.717) is 13.2 Å². The van der Waals surface area contributed by atoms with Crippen LogP contribution in [0.25, 0.3) is 11.1 Å². The Kier molecular flexibility index (Phi) is 3.23. The molecule has 1 aliphatic carbocycles. The fraction of sp³-hybridized carbons (Fsp3) is 0.316. The summed E-state index contributed by atoms with van der Waals surface area (Å²) in [4.78, 5) is 14.7. The Morgan fingerprint density at radius 2 is 1.64 bits per heavy atom. The van der Waals surface area contributed by atoms with Gasteiger partial charge in [-0.2, -0.15) is 0 Å². The second kappa shape index (κ2) is 5.25. The standard InChI is InChI=1S/C19H19NO2/c1-20(19(21)13-10-11-22-12-13)18-16-8-4-2-6-14(16)15-7-3-5-9-17(15)18/h2-9,13,18H,10-12H2,1H3. The SMILES string of the molecule is CN(C(=O)C1CCOC1)C1c2ccccc2-c2ccccc21. The molecule has 0 N–H and O–H groups in total. The highest BCUT2D eigenvalue weighted by atomic mass is 16.5. The van der Waals surface area contributed by atoms with E-state index in [1.54, 1.807) is 0 Å². The number of carbonyl (C=O) groups excluding carboxylic acids is 1. The van der Waals surface area contributed by atoms with E-state index in [1.807, 2.05) is 11.9 Å². The first kappa shape index (κ1) is 13.5. The zero-order valence-corrected chi connectivity index (χ0v) is 12.7.